The molecular formula is C12H25N3O. The van der Waals surface area contributed by atoms with Crippen molar-refractivity contribution >= 4 is 5.91 Å². The molecule has 1 aliphatic heterocycles. The van der Waals surface area contributed by atoms with Crippen molar-refractivity contribution in [2.75, 3.05) is 26.2 Å². The third-order valence-electron chi connectivity index (χ3n) is 3.54. The molecule has 1 amide bonds. The van der Waals surface area contributed by atoms with Gasteiger partial charge < -0.3 is 16.0 Å². The molecule has 0 radical (unpaired) electrons. The van der Waals surface area contributed by atoms with Crippen LogP contribution >= 0.6 is 0 Å². The first kappa shape index (κ1) is 13.5. The molecule has 0 saturated carbocycles. The van der Waals surface area contributed by atoms with Crippen LogP contribution in [-0.2, 0) is 4.79 Å². The number of hydrogen-bond donors (Lipinski definition) is 2. The molecule has 0 aromatic carbocycles. The van der Waals surface area contributed by atoms with Crippen molar-refractivity contribution in [1.29, 1.82) is 0 Å². The van der Waals surface area contributed by atoms with E-state index in [2.05, 4.69) is 24.1 Å². The van der Waals surface area contributed by atoms with Gasteiger partial charge in [0.1, 0.15) is 0 Å². The summed E-state index contributed by atoms with van der Waals surface area (Å²) < 4.78 is 0. The monoisotopic (exact) mass is 227 g/mol. The molecule has 1 saturated heterocycles. The van der Waals surface area contributed by atoms with Gasteiger partial charge in [-0.15, -0.1) is 0 Å². The summed E-state index contributed by atoms with van der Waals surface area (Å²) in [4.78, 5) is 13.0. The molecule has 94 valence electrons. The standard InChI is InChI=1S/C12H25N3O/c1-3-14-10(2)11-4-7-15(8-5-11)9-6-12(13)16/h10-11,14H,3-9H2,1-2H3,(H2,13,16). The van der Waals surface area contributed by atoms with Crippen molar-refractivity contribution in [3.05, 3.63) is 0 Å². The fourth-order valence-electron chi connectivity index (χ4n) is 2.43. The van der Waals surface area contributed by atoms with Crippen molar-refractivity contribution in [3.63, 3.8) is 0 Å². The fraction of sp³-hybridized carbons (Fsp3) is 0.917. The van der Waals surface area contributed by atoms with E-state index in [1.165, 1.54) is 12.8 Å². The molecule has 1 heterocycles. The highest BCUT2D eigenvalue weighted by molar-refractivity contribution is 5.73. The molecule has 4 heteroatoms. The molecule has 1 rings (SSSR count). The number of nitrogens with zero attached hydrogens (tertiary/aromatic N) is 1. The minimum atomic E-state index is -0.192. The summed E-state index contributed by atoms with van der Waals surface area (Å²) in [6, 6.07) is 0.614. The van der Waals surface area contributed by atoms with Gasteiger partial charge in [0.2, 0.25) is 5.91 Å². The zero-order valence-corrected chi connectivity index (χ0v) is 10.5. The van der Waals surface area contributed by atoms with Gasteiger partial charge in [-0.3, -0.25) is 4.79 Å². The molecule has 0 aromatic rings. The predicted molar refractivity (Wildman–Crippen MR) is 66.1 cm³/mol. The number of primary amides is 1. The molecule has 0 aliphatic carbocycles. The number of carbonyl (C=O) groups excluding carboxylic acids is 1. The van der Waals surface area contributed by atoms with Gasteiger partial charge in [-0.2, -0.15) is 0 Å². The summed E-state index contributed by atoms with van der Waals surface area (Å²) in [7, 11) is 0. The van der Waals surface area contributed by atoms with Gasteiger partial charge in [-0.05, 0) is 45.3 Å². The first-order valence-electron chi connectivity index (χ1n) is 6.37. The zero-order chi connectivity index (χ0) is 12.0. The lowest BCUT2D eigenvalue weighted by Crippen LogP contribution is -2.42. The number of hydrogen-bond acceptors (Lipinski definition) is 3. The van der Waals surface area contributed by atoms with Gasteiger partial charge in [0.05, 0.1) is 0 Å². The largest absolute Gasteiger partial charge is 0.370 e. The minimum Gasteiger partial charge on any atom is -0.370 e. The maximum atomic E-state index is 10.7. The van der Waals surface area contributed by atoms with Crippen LogP contribution in [0.15, 0.2) is 0 Å². The predicted octanol–water partition coefficient (Wildman–Crippen LogP) is 0.572. The number of nitrogens with two attached hydrogens (primary N) is 1. The maximum Gasteiger partial charge on any atom is 0.218 e. The van der Waals surface area contributed by atoms with Gasteiger partial charge in [0, 0.05) is 19.0 Å². The van der Waals surface area contributed by atoms with E-state index in [1.54, 1.807) is 0 Å². The number of rotatable bonds is 6. The molecule has 1 unspecified atom stereocenters. The average molecular weight is 227 g/mol. The van der Waals surface area contributed by atoms with Crippen LogP contribution in [0.1, 0.15) is 33.1 Å². The van der Waals surface area contributed by atoms with Crippen LogP contribution in [0.25, 0.3) is 0 Å². The van der Waals surface area contributed by atoms with Crippen LogP contribution in [0.5, 0.6) is 0 Å². The Morgan fingerprint density at radius 1 is 1.50 bits per heavy atom. The Balaban J connectivity index is 2.20. The first-order chi connectivity index (χ1) is 7.63. The molecule has 1 aliphatic rings. The summed E-state index contributed by atoms with van der Waals surface area (Å²) in [6.07, 6.45) is 2.95. The normalized spacial score (nSPS) is 20.9. The van der Waals surface area contributed by atoms with E-state index in [1.807, 2.05) is 0 Å². The highest BCUT2D eigenvalue weighted by Crippen LogP contribution is 2.20. The van der Waals surface area contributed by atoms with E-state index in [0.717, 1.165) is 32.1 Å². The number of carbonyl (C=O) groups is 1. The van der Waals surface area contributed by atoms with E-state index in [4.69, 9.17) is 5.73 Å². The molecule has 1 atom stereocenters. The molecule has 1 fully saturated rings. The van der Waals surface area contributed by atoms with Crippen molar-refractivity contribution in [2.24, 2.45) is 11.7 Å². The van der Waals surface area contributed by atoms with Gasteiger partial charge in [0.15, 0.2) is 0 Å². The minimum absolute atomic E-state index is 0.192. The van der Waals surface area contributed by atoms with Crippen molar-refractivity contribution in [2.45, 2.75) is 39.2 Å². The molecule has 16 heavy (non-hydrogen) atoms. The topological polar surface area (TPSA) is 58.4 Å². The van der Waals surface area contributed by atoms with Crippen molar-refractivity contribution < 1.29 is 4.79 Å². The van der Waals surface area contributed by atoms with Crippen LogP contribution in [0, 0.1) is 5.92 Å². The Kier molecular flexibility index (Phi) is 5.77. The SMILES string of the molecule is CCNC(C)C1CCN(CCC(N)=O)CC1. The molecule has 0 spiro atoms. The lowest BCUT2D eigenvalue weighted by molar-refractivity contribution is -0.118. The number of amides is 1. The number of likely N-dealkylation sites (tertiary alicyclic amines) is 1. The first-order valence-corrected chi connectivity index (χ1v) is 6.37. The van der Waals surface area contributed by atoms with Gasteiger partial charge in [-0.25, -0.2) is 0 Å². The third kappa shape index (κ3) is 4.49. The molecule has 3 N–H and O–H groups in total. The zero-order valence-electron chi connectivity index (χ0n) is 10.5. The molecular weight excluding hydrogens is 202 g/mol. The van der Waals surface area contributed by atoms with Crippen molar-refractivity contribution in [1.82, 2.24) is 10.2 Å². The second-order valence-electron chi connectivity index (χ2n) is 4.74. The molecule has 0 bridgehead atoms. The average Bonchev–Trinajstić information content (AvgIpc) is 2.27. The summed E-state index contributed by atoms with van der Waals surface area (Å²) >= 11 is 0. The van der Waals surface area contributed by atoms with E-state index in [-0.39, 0.29) is 5.91 Å². The molecule has 0 aromatic heterocycles. The summed E-state index contributed by atoms with van der Waals surface area (Å²) in [5, 5.41) is 3.49. The maximum absolute atomic E-state index is 10.7. The second-order valence-corrected chi connectivity index (χ2v) is 4.74. The Morgan fingerprint density at radius 2 is 2.12 bits per heavy atom. The highest BCUT2D eigenvalue weighted by atomic mass is 16.1. The van der Waals surface area contributed by atoms with E-state index >= 15 is 0 Å². The Bertz CT molecular complexity index is 212. The summed E-state index contributed by atoms with van der Waals surface area (Å²) in [6.45, 7) is 8.51. The van der Waals surface area contributed by atoms with Crippen molar-refractivity contribution in [3.8, 4) is 0 Å². The van der Waals surface area contributed by atoms with Gasteiger partial charge >= 0.3 is 0 Å². The Morgan fingerprint density at radius 3 is 2.62 bits per heavy atom. The van der Waals surface area contributed by atoms with E-state index < -0.39 is 0 Å². The quantitative estimate of drug-likeness (QED) is 0.697. The Hall–Kier alpha value is -0.610. The summed E-state index contributed by atoms with van der Waals surface area (Å²) in [5.74, 6) is 0.591. The van der Waals surface area contributed by atoms with E-state index in [9.17, 15) is 4.79 Å². The fourth-order valence-corrected chi connectivity index (χ4v) is 2.43. The molecule has 4 nitrogen and oxygen atoms in total. The third-order valence-corrected chi connectivity index (χ3v) is 3.54. The van der Waals surface area contributed by atoms with Crippen LogP contribution in [-0.4, -0.2) is 43.0 Å². The van der Waals surface area contributed by atoms with Gasteiger partial charge in [-0.1, -0.05) is 6.92 Å². The Labute approximate surface area is 98.6 Å². The van der Waals surface area contributed by atoms with E-state index in [0.29, 0.717) is 12.5 Å². The van der Waals surface area contributed by atoms with Gasteiger partial charge in [0.25, 0.3) is 0 Å². The van der Waals surface area contributed by atoms with Crippen LogP contribution in [0.2, 0.25) is 0 Å². The lowest BCUT2D eigenvalue weighted by atomic mass is 9.90. The van der Waals surface area contributed by atoms with Crippen LogP contribution in [0.3, 0.4) is 0 Å². The van der Waals surface area contributed by atoms with Crippen LogP contribution in [0.4, 0.5) is 0 Å². The number of piperidine rings is 1. The lowest BCUT2D eigenvalue weighted by Gasteiger charge is -2.34. The summed E-state index contributed by atoms with van der Waals surface area (Å²) in [5.41, 5.74) is 5.15. The second kappa shape index (κ2) is 6.86. The smallest absolute Gasteiger partial charge is 0.218 e. The highest BCUT2D eigenvalue weighted by Gasteiger charge is 2.23. The van der Waals surface area contributed by atoms with Crippen LogP contribution < -0.4 is 11.1 Å². The number of nitrogens with one attached hydrogen (secondary N) is 1.